The number of rotatable bonds is 3. The Labute approximate surface area is 116 Å². The van der Waals surface area contributed by atoms with Crippen molar-refractivity contribution in [2.75, 3.05) is 5.32 Å². The van der Waals surface area contributed by atoms with Gasteiger partial charge in [0.1, 0.15) is 11.4 Å². The predicted octanol–water partition coefficient (Wildman–Crippen LogP) is 4.71. The summed E-state index contributed by atoms with van der Waals surface area (Å²) in [6, 6.07) is 14.4. The molecule has 96 valence electrons. The molecule has 0 aromatic heterocycles. The molecular weight excluding hydrogens is 262 g/mol. The lowest BCUT2D eigenvalue weighted by Crippen LogP contribution is -2.05. The smallest absolute Gasteiger partial charge is 0.221 e. The highest BCUT2D eigenvalue weighted by Crippen LogP contribution is 2.29. The quantitative estimate of drug-likeness (QED) is 0.809. The normalized spacial score (nSPS) is 10.6. The highest BCUT2D eigenvalue weighted by atomic mass is 35.5. The van der Waals surface area contributed by atoms with Gasteiger partial charge in [-0.25, -0.2) is 0 Å². The summed E-state index contributed by atoms with van der Waals surface area (Å²) in [5.74, 6) is -0.152. The van der Waals surface area contributed by atoms with Gasteiger partial charge in [0.25, 0.3) is 0 Å². The summed E-state index contributed by atoms with van der Waals surface area (Å²) < 4.78 is 0. The second-order valence-electron chi connectivity index (χ2n) is 3.85. The third kappa shape index (κ3) is 3.63. The van der Waals surface area contributed by atoms with Crippen molar-refractivity contribution >= 4 is 34.6 Å². The van der Waals surface area contributed by atoms with Crippen LogP contribution in [0.3, 0.4) is 0 Å². The van der Waals surface area contributed by atoms with Crippen LogP contribution in [0.15, 0.2) is 58.8 Å². The molecule has 0 aliphatic heterocycles. The lowest BCUT2D eigenvalue weighted by atomic mass is 10.2. The first-order valence-corrected chi connectivity index (χ1v) is 6.07. The molecule has 0 heterocycles. The number of anilines is 1. The van der Waals surface area contributed by atoms with E-state index in [9.17, 15) is 4.79 Å². The largest absolute Gasteiger partial charge is 0.324 e. The lowest BCUT2D eigenvalue weighted by Gasteiger charge is -2.04. The molecule has 0 bridgehead atoms. The van der Waals surface area contributed by atoms with Crippen LogP contribution in [0.1, 0.15) is 6.92 Å². The first kappa shape index (κ1) is 13.2. The van der Waals surface area contributed by atoms with Gasteiger partial charge < -0.3 is 5.32 Å². The van der Waals surface area contributed by atoms with Gasteiger partial charge in [0.05, 0.1) is 10.7 Å². The standard InChI is InChI=1S/C14H12ClN3O/c1-10(19)16-13-8-4-5-9-14(13)18-17-12-7-3-2-6-11(12)15/h2-9H,1H3,(H,16,19). The van der Waals surface area contributed by atoms with E-state index in [1.165, 1.54) is 6.92 Å². The minimum Gasteiger partial charge on any atom is -0.324 e. The number of nitrogens with zero attached hydrogens (tertiary/aromatic N) is 2. The number of hydrogen-bond acceptors (Lipinski definition) is 3. The van der Waals surface area contributed by atoms with E-state index < -0.39 is 0 Å². The van der Waals surface area contributed by atoms with Crippen molar-refractivity contribution in [3.63, 3.8) is 0 Å². The van der Waals surface area contributed by atoms with Crippen LogP contribution in [-0.2, 0) is 4.79 Å². The molecule has 19 heavy (non-hydrogen) atoms. The topological polar surface area (TPSA) is 53.8 Å². The molecule has 0 aliphatic rings. The van der Waals surface area contributed by atoms with Crippen LogP contribution >= 0.6 is 11.6 Å². The first-order chi connectivity index (χ1) is 9.16. The molecule has 0 saturated carbocycles. The van der Waals surface area contributed by atoms with Crippen molar-refractivity contribution in [1.29, 1.82) is 0 Å². The van der Waals surface area contributed by atoms with Crippen LogP contribution in [0.4, 0.5) is 17.1 Å². The molecule has 0 saturated heterocycles. The van der Waals surface area contributed by atoms with E-state index in [-0.39, 0.29) is 5.91 Å². The van der Waals surface area contributed by atoms with Crippen LogP contribution in [0.25, 0.3) is 0 Å². The van der Waals surface area contributed by atoms with Crippen LogP contribution < -0.4 is 5.32 Å². The summed E-state index contributed by atoms with van der Waals surface area (Å²) >= 11 is 5.99. The Bertz CT molecular complexity index is 626. The van der Waals surface area contributed by atoms with Gasteiger partial charge in [-0.3, -0.25) is 4.79 Å². The van der Waals surface area contributed by atoms with Gasteiger partial charge in [-0.05, 0) is 24.3 Å². The number of carbonyl (C=O) groups is 1. The minimum atomic E-state index is -0.152. The molecule has 0 radical (unpaired) electrons. The molecule has 2 rings (SSSR count). The Morgan fingerprint density at radius 2 is 1.58 bits per heavy atom. The van der Waals surface area contributed by atoms with Gasteiger partial charge in [0, 0.05) is 6.92 Å². The summed E-state index contributed by atoms with van der Waals surface area (Å²) in [7, 11) is 0. The average Bonchev–Trinajstić information content (AvgIpc) is 2.39. The summed E-state index contributed by atoms with van der Waals surface area (Å²) in [6.07, 6.45) is 0. The number of azo groups is 1. The van der Waals surface area contributed by atoms with Crippen molar-refractivity contribution in [2.24, 2.45) is 10.2 Å². The van der Waals surface area contributed by atoms with E-state index in [1.54, 1.807) is 24.3 Å². The number of halogens is 1. The fourth-order valence-electron chi connectivity index (χ4n) is 1.50. The van der Waals surface area contributed by atoms with Crippen molar-refractivity contribution in [1.82, 2.24) is 0 Å². The number of carbonyl (C=O) groups excluding carboxylic acids is 1. The fraction of sp³-hybridized carbons (Fsp3) is 0.0714. The van der Waals surface area contributed by atoms with Gasteiger partial charge >= 0.3 is 0 Å². The second kappa shape index (κ2) is 6.11. The fourth-order valence-corrected chi connectivity index (χ4v) is 1.67. The number of para-hydroxylation sites is 1. The van der Waals surface area contributed by atoms with Gasteiger partial charge in [-0.2, -0.15) is 0 Å². The zero-order chi connectivity index (χ0) is 13.7. The molecular formula is C14H12ClN3O. The summed E-state index contributed by atoms with van der Waals surface area (Å²) in [6.45, 7) is 1.45. The molecule has 4 nitrogen and oxygen atoms in total. The first-order valence-electron chi connectivity index (χ1n) is 5.70. The molecule has 0 aliphatic carbocycles. The zero-order valence-corrected chi connectivity index (χ0v) is 11.1. The summed E-state index contributed by atoms with van der Waals surface area (Å²) in [5.41, 5.74) is 1.78. The van der Waals surface area contributed by atoms with E-state index in [1.807, 2.05) is 24.3 Å². The third-order valence-electron chi connectivity index (χ3n) is 2.33. The molecule has 2 aromatic carbocycles. The Morgan fingerprint density at radius 1 is 1.00 bits per heavy atom. The van der Waals surface area contributed by atoms with E-state index in [0.29, 0.717) is 22.1 Å². The van der Waals surface area contributed by atoms with Crippen molar-refractivity contribution in [3.05, 3.63) is 53.6 Å². The second-order valence-corrected chi connectivity index (χ2v) is 4.26. The van der Waals surface area contributed by atoms with Gasteiger partial charge in [-0.1, -0.05) is 35.9 Å². The molecule has 1 amide bonds. The van der Waals surface area contributed by atoms with Gasteiger partial charge in [-0.15, -0.1) is 10.2 Å². The zero-order valence-electron chi connectivity index (χ0n) is 10.3. The SMILES string of the molecule is CC(=O)Nc1ccccc1N=Nc1ccccc1Cl. The number of nitrogens with one attached hydrogen (secondary N) is 1. The van der Waals surface area contributed by atoms with Crippen LogP contribution in [-0.4, -0.2) is 5.91 Å². The Kier molecular flexibility index (Phi) is 4.26. The van der Waals surface area contributed by atoms with Crippen molar-refractivity contribution < 1.29 is 4.79 Å². The molecule has 2 aromatic rings. The highest BCUT2D eigenvalue weighted by Gasteiger charge is 2.02. The van der Waals surface area contributed by atoms with Gasteiger partial charge in [0.2, 0.25) is 5.91 Å². The van der Waals surface area contributed by atoms with Crippen LogP contribution in [0.5, 0.6) is 0 Å². The maximum atomic E-state index is 11.1. The Morgan fingerprint density at radius 3 is 2.26 bits per heavy atom. The monoisotopic (exact) mass is 273 g/mol. The maximum Gasteiger partial charge on any atom is 0.221 e. The Balaban J connectivity index is 2.28. The molecule has 0 atom stereocenters. The number of amides is 1. The molecule has 1 N–H and O–H groups in total. The highest BCUT2D eigenvalue weighted by molar-refractivity contribution is 6.32. The molecule has 0 unspecified atom stereocenters. The average molecular weight is 274 g/mol. The third-order valence-corrected chi connectivity index (χ3v) is 2.65. The predicted molar refractivity (Wildman–Crippen MR) is 76.4 cm³/mol. The Hall–Kier alpha value is -2.20. The van der Waals surface area contributed by atoms with Crippen LogP contribution in [0.2, 0.25) is 5.02 Å². The van der Waals surface area contributed by atoms with E-state index in [4.69, 9.17) is 11.6 Å². The number of hydrogen-bond donors (Lipinski definition) is 1. The summed E-state index contributed by atoms with van der Waals surface area (Å²) in [4.78, 5) is 11.1. The van der Waals surface area contributed by atoms with E-state index in [0.717, 1.165) is 0 Å². The molecule has 0 fully saturated rings. The van der Waals surface area contributed by atoms with E-state index in [2.05, 4.69) is 15.5 Å². The molecule has 5 heteroatoms. The lowest BCUT2D eigenvalue weighted by molar-refractivity contribution is -0.114. The minimum absolute atomic E-state index is 0.152. The van der Waals surface area contributed by atoms with Crippen molar-refractivity contribution in [2.45, 2.75) is 6.92 Å². The maximum absolute atomic E-state index is 11.1. The number of benzene rings is 2. The summed E-state index contributed by atoms with van der Waals surface area (Å²) in [5, 5.41) is 11.4. The molecule has 0 spiro atoms. The van der Waals surface area contributed by atoms with E-state index >= 15 is 0 Å². The van der Waals surface area contributed by atoms with Crippen LogP contribution in [0, 0.1) is 0 Å². The van der Waals surface area contributed by atoms with Crippen molar-refractivity contribution in [3.8, 4) is 0 Å². The van der Waals surface area contributed by atoms with Gasteiger partial charge in [0.15, 0.2) is 0 Å².